The third-order valence-corrected chi connectivity index (χ3v) is 7.67. The molecule has 1 N–H and O–H groups in total. The predicted octanol–water partition coefficient (Wildman–Crippen LogP) is 4.21. The van der Waals surface area contributed by atoms with Gasteiger partial charge in [-0.3, -0.25) is 4.72 Å². The van der Waals surface area contributed by atoms with Crippen LogP contribution < -0.4 is 4.72 Å². The fourth-order valence-electron chi connectivity index (χ4n) is 3.80. The summed E-state index contributed by atoms with van der Waals surface area (Å²) in [7, 11) is -7.36. The zero-order valence-electron chi connectivity index (χ0n) is 18.6. The van der Waals surface area contributed by atoms with Crippen molar-refractivity contribution in [1.29, 1.82) is 0 Å². The Hall–Kier alpha value is -3.17. The molecule has 0 radical (unpaired) electrons. The van der Waals surface area contributed by atoms with Gasteiger partial charge in [-0.2, -0.15) is 17.9 Å². The average molecular weight is 484 g/mol. The Labute approximate surface area is 194 Å². The predicted molar refractivity (Wildman–Crippen MR) is 130 cm³/mol. The number of sulfonamides is 2. The van der Waals surface area contributed by atoms with Gasteiger partial charge in [-0.05, 0) is 49.2 Å². The van der Waals surface area contributed by atoms with Crippen LogP contribution in [0.15, 0.2) is 82.8 Å². The topological polar surface area (TPSA) is 95.9 Å². The molecule has 0 aliphatic carbocycles. The van der Waals surface area contributed by atoms with Crippen molar-refractivity contribution >= 4 is 31.4 Å². The van der Waals surface area contributed by atoms with E-state index in [1.807, 2.05) is 38.1 Å². The number of hydrogen-bond donors (Lipinski definition) is 1. The zero-order valence-corrected chi connectivity index (χ0v) is 20.2. The summed E-state index contributed by atoms with van der Waals surface area (Å²) in [6.45, 7) is 3.86. The monoisotopic (exact) mass is 483 g/mol. The summed E-state index contributed by atoms with van der Waals surface area (Å²) in [5.41, 5.74) is 4.44. The summed E-state index contributed by atoms with van der Waals surface area (Å²) >= 11 is 0. The summed E-state index contributed by atoms with van der Waals surface area (Å²) in [4.78, 5) is 0.170. The number of nitrogens with zero attached hydrogens (tertiary/aromatic N) is 2. The molecule has 7 nitrogen and oxygen atoms in total. The van der Waals surface area contributed by atoms with Gasteiger partial charge in [-0.15, -0.1) is 0 Å². The number of rotatable bonds is 6. The number of nitrogens with one attached hydrogen (secondary N) is 1. The highest BCUT2D eigenvalue weighted by Gasteiger charge is 2.37. The van der Waals surface area contributed by atoms with E-state index in [-0.39, 0.29) is 4.90 Å². The number of hydrogen-bond acceptors (Lipinski definition) is 5. The van der Waals surface area contributed by atoms with Crippen LogP contribution in [0, 0.1) is 13.8 Å². The first-order valence-electron chi connectivity index (χ1n) is 10.4. The molecule has 9 heteroatoms. The maximum Gasteiger partial charge on any atom is 0.279 e. The summed E-state index contributed by atoms with van der Waals surface area (Å²) in [6.07, 6.45) is 1.44. The Morgan fingerprint density at radius 2 is 1.58 bits per heavy atom. The van der Waals surface area contributed by atoms with Crippen molar-refractivity contribution in [1.82, 2.24) is 4.41 Å². The molecule has 1 heterocycles. The van der Waals surface area contributed by atoms with E-state index in [4.69, 9.17) is 0 Å². The van der Waals surface area contributed by atoms with E-state index < -0.39 is 26.1 Å². The second kappa shape index (κ2) is 8.64. The fraction of sp³-hybridized carbons (Fsp3) is 0.208. The molecule has 172 valence electrons. The Morgan fingerprint density at radius 1 is 0.879 bits per heavy atom. The lowest BCUT2D eigenvalue weighted by molar-refractivity contribution is 0.371. The minimum Gasteiger partial charge on any atom is -0.284 e. The van der Waals surface area contributed by atoms with Crippen LogP contribution in [0.25, 0.3) is 0 Å². The van der Waals surface area contributed by atoms with Crippen molar-refractivity contribution in [2.45, 2.75) is 31.2 Å². The summed E-state index contributed by atoms with van der Waals surface area (Å²) < 4.78 is 54.1. The maximum atomic E-state index is 13.6. The first kappa shape index (κ1) is 23.0. The molecule has 1 aliphatic heterocycles. The van der Waals surface area contributed by atoms with E-state index in [1.54, 1.807) is 48.5 Å². The van der Waals surface area contributed by atoms with Crippen molar-refractivity contribution in [2.75, 3.05) is 11.0 Å². The van der Waals surface area contributed by atoms with Crippen LogP contribution in [0.4, 0.5) is 5.69 Å². The lowest BCUT2D eigenvalue weighted by Crippen LogP contribution is -2.27. The number of aryl methyl sites for hydroxylation is 2. The lowest BCUT2D eigenvalue weighted by Gasteiger charge is -2.23. The summed E-state index contributed by atoms with van der Waals surface area (Å²) in [6, 6.07) is 20.7. The van der Waals surface area contributed by atoms with Crippen LogP contribution in [-0.2, 0) is 20.0 Å². The molecule has 4 rings (SSSR count). The Bertz CT molecular complexity index is 1430. The third kappa shape index (κ3) is 5.09. The average Bonchev–Trinajstić information content (AvgIpc) is 3.20. The van der Waals surface area contributed by atoms with Crippen molar-refractivity contribution in [3.8, 4) is 0 Å². The molecule has 0 spiro atoms. The third-order valence-electron chi connectivity index (χ3n) is 5.36. The Morgan fingerprint density at radius 3 is 2.24 bits per heavy atom. The van der Waals surface area contributed by atoms with Gasteiger partial charge in [0.2, 0.25) is 10.0 Å². The van der Waals surface area contributed by atoms with Gasteiger partial charge < -0.3 is 0 Å². The smallest absolute Gasteiger partial charge is 0.279 e. The fourth-order valence-corrected chi connectivity index (χ4v) is 5.79. The van der Waals surface area contributed by atoms with E-state index >= 15 is 0 Å². The lowest BCUT2D eigenvalue weighted by atomic mass is 9.98. The Kier molecular flexibility index (Phi) is 6.02. The van der Waals surface area contributed by atoms with Crippen molar-refractivity contribution in [2.24, 2.45) is 5.10 Å². The number of hydrazone groups is 1. The number of anilines is 1. The van der Waals surface area contributed by atoms with Crippen LogP contribution in [0.2, 0.25) is 0 Å². The van der Waals surface area contributed by atoms with Crippen molar-refractivity contribution in [3.05, 3.63) is 95.1 Å². The minimum absolute atomic E-state index is 0.170. The molecule has 0 amide bonds. The van der Waals surface area contributed by atoms with Gasteiger partial charge in [0.25, 0.3) is 10.0 Å². The van der Waals surface area contributed by atoms with Crippen LogP contribution in [0.3, 0.4) is 0 Å². The van der Waals surface area contributed by atoms with Crippen LogP contribution in [0.5, 0.6) is 0 Å². The first-order chi connectivity index (χ1) is 15.5. The molecule has 1 aliphatic rings. The van der Waals surface area contributed by atoms with Crippen LogP contribution in [0.1, 0.15) is 34.7 Å². The van der Waals surface area contributed by atoms with Gasteiger partial charge in [0, 0.05) is 12.1 Å². The molecule has 0 fully saturated rings. The van der Waals surface area contributed by atoms with Crippen molar-refractivity contribution < 1.29 is 16.8 Å². The van der Waals surface area contributed by atoms with Gasteiger partial charge in [0.1, 0.15) is 0 Å². The van der Waals surface area contributed by atoms with Crippen LogP contribution >= 0.6 is 0 Å². The van der Waals surface area contributed by atoms with Gasteiger partial charge in [-0.1, -0.05) is 59.7 Å². The first-order valence-corrected chi connectivity index (χ1v) is 13.7. The molecule has 3 aromatic carbocycles. The van der Waals surface area contributed by atoms with E-state index in [1.165, 1.54) is 4.41 Å². The molecule has 0 aromatic heterocycles. The molecule has 0 bridgehead atoms. The molecule has 0 saturated heterocycles. The maximum absolute atomic E-state index is 13.6. The second-order valence-electron chi connectivity index (χ2n) is 8.23. The van der Waals surface area contributed by atoms with E-state index in [0.717, 1.165) is 22.9 Å². The summed E-state index contributed by atoms with van der Waals surface area (Å²) in [5, 5.41) is 4.54. The van der Waals surface area contributed by atoms with Gasteiger partial charge in [0.15, 0.2) is 0 Å². The van der Waals surface area contributed by atoms with Crippen molar-refractivity contribution in [3.63, 3.8) is 0 Å². The highest BCUT2D eigenvalue weighted by Crippen LogP contribution is 2.37. The highest BCUT2D eigenvalue weighted by atomic mass is 32.2. The Balaban J connectivity index is 1.79. The van der Waals surface area contributed by atoms with Gasteiger partial charge >= 0.3 is 0 Å². The van der Waals surface area contributed by atoms with Crippen LogP contribution in [-0.4, -0.2) is 33.2 Å². The normalized spacial score (nSPS) is 16.5. The largest absolute Gasteiger partial charge is 0.284 e. The zero-order chi connectivity index (χ0) is 23.8. The SMILES string of the molecule is Cc1ccc(S(=O)(=O)N2N=C(c3cccc(NS(C)(=O)=O)c3)C[C@H]2c2cccc(C)c2)cc1. The molecular formula is C24H25N3O4S2. The summed E-state index contributed by atoms with van der Waals surface area (Å²) in [5.74, 6) is 0. The molecule has 3 aromatic rings. The molecule has 0 unspecified atom stereocenters. The highest BCUT2D eigenvalue weighted by molar-refractivity contribution is 7.92. The quantitative estimate of drug-likeness (QED) is 0.568. The van der Waals surface area contributed by atoms with Gasteiger partial charge in [0.05, 0.1) is 22.9 Å². The standard InChI is InChI=1S/C24H25N3O4S2/c1-17-10-12-22(13-11-17)33(30,31)27-24(20-8-4-6-18(2)14-20)16-23(25-27)19-7-5-9-21(15-19)26-32(3,28)29/h4-15,24,26H,16H2,1-3H3/t24-/m0/s1. The molecular weight excluding hydrogens is 458 g/mol. The minimum atomic E-state index is -3.91. The van der Waals surface area contributed by atoms with E-state index in [9.17, 15) is 16.8 Å². The second-order valence-corrected chi connectivity index (χ2v) is 11.8. The molecule has 0 saturated carbocycles. The van der Waals surface area contributed by atoms with Gasteiger partial charge in [-0.25, -0.2) is 8.42 Å². The van der Waals surface area contributed by atoms with E-state index in [0.29, 0.717) is 23.4 Å². The molecule has 1 atom stereocenters. The number of benzene rings is 3. The van der Waals surface area contributed by atoms with E-state index in [2.05, 4.69) is 9.82 Å². The molecule has 33 heavy (non-hydrogen) atoms.